The van der Waals surface area contributed by atoms with Crippen molar-refractivity contribution >= 4 is 11.7 Å². The van der Waals surface area contributed by atoms with Crippen molar-refractivity contribution in [1.29, 1.82) is 0 Å². The maximum atomic E-state index is 12.5. The van der Waals surface area contributed by atoms with Gasteiger partial charge in [-0.05, 0) is 6.07 Å². The molecule has 0 radical (unpaired) electrons. The number of rotatable bonds is 5. The summed E-state index contributed by atoms with van der Waals surface area (Å²) in [4.78, 5) is 22.4. The van der Waals surface area contributed by atoms with Crippen molar-refractivity contribution in [3.8, 4) is 17.5 Å². The van der Waals surface area contributed by atoms with Gasteiger partial charge in [0.05, 0.1) is 14.2 Å². The van der Waals surface area contributed by atoms with Crippen LogP contribution < -0.4 is 19.5 Å². The zero-order valence-electron chi connectivity index (χ0n) is 14.8. The average molecular weight is 358 g/mol. The summed E-state index contributed by atoms with van der Waals surface area (Å²) in [5.41, 5.74) is 0.627. The van der Waals surface area contributed by atoms with Gasteiger partial charge >= 0.3 is 12.0 Å². The van der Waals surface area contributed by atoms with Crippen LogP contribution in [-0.2, 0) is 0 Å². The molecule has 1 fully saturated rings. The minimum atomic E-state index is -0.158. The van der Waals surface area contributed by atoms with Crippen molar-refractivity contribution in [3.05, 3.63) is 36.7 Å². The van der Waals surface area contributed by atoms with Gasteiger partial charge in [-0.3, -0.25) is 0 Å². The van der Waals surface area contributed by atoms with Crippen LogP contribution in [0.3, 0.4) is 0 Å². The van der Waals surface area contributed by atoms with E-state index in [1.807, 2.05) is 0 Å². The van der Waals surface area contributed by atoms with Gasteiger partial charge in [0.2, 0.25) is 0 Å². The number of methoxy groups -OCH3 is 2. The first-order valence-corrected chi connectivity index (χ1v) is 8.40. The molecule has 0 aliphatic carbocycles. The Balaban J connectivity index is 1.54. The molecular weight excluding hydrogens is 336 g/mol. The molecule has 1 saturated heterocycles. The van der Waals surface area contributed by atoms with E-state index in [0.717, 1.165) is 12.8 Å². The van der Waals surface area contributed by atoms with Gasteiger partial charge in [0.15, 0.2) is 0 Å². The van der Waals surface area contributed by atoms with Crippen LogP contribution >= 0.6 is 0 Å². The zero-order chi connectivity index (χ0) is 18.4. The molecule has 1 aromatic carbocycles. The number of hydrogen-bond acceptors (Lipinski definition) is 6. The van der Waals surface area contributed by atoms with Crippen molar-refractivity contribution in [3.63, 3.8) is 0 Å². The van der Waals surface area contributed by atoms with Crippen molar-refractivity contribution in [1.82, 2.24) is 14.9 Å². The number of anilines is 1. The Morgan fingerprint density at radius 2 is 1.69 bits per heavy atom. The van der Waals surface area contributed by atoms with Crippen LogP contribution in [0, 0.1) is 0 Å². The SMILES string of the molecule is COc1cc(NC(=O)N2CCC(Oc3ncccn3)CC2)cc(OC)c1. The second-order valence-corrected chi connectivity index (χ2v) is 5.87. The number of carbonyl (C=O) groups excluding carboxylic acids is 1. The molecule has 1 aliphatic rings. The fraction of sp³-hybridized carbons (Fsp3) is 0.389. The van der Waals surface area contributed by atoms with E-state index in [2.05, 4.69) is 15.3 Å². The molecule has 0 unspecified atom stereocenters. The van der Waals surface area contributed by atoms with Gasteiger partial charge in [0.1, 0.15) is 17.6 Å². The van der Waals surface area contributed by atoms with E-state index in [-0.39, 0.29) is 12.1 Å². The number of ether oxygens (including phenoxy) is 3. The van der Waals surface area contributed by atoms with Gasteiger partial charge in [-0.25, -0.2) is 14.8 Å². The number of hydrogen-bond donors (Lipinski definition) is 1. The lowest BCUT2D eigenvalue weighted by Gasteiger charge is -2.31. The highest BCUT2D eigenvalue weighted by molar-refractivity contribution is 5.89. The Bertz CT molecular complexity index is 711. The standard InChI is InChI=1S/C18H22N4O4/c1-24-15-10-13(11-16(12-15)25-2)21-18(23)22-8-4-14(5-9-22)26-17-19-6-3-7-20-17/h3,6-7,10-12,14H,4-5,8-9H2,1-2H3,(H,21,23). The first-order valence-electron chi connectivity index (χ1n) is 8.40. The predicted octanol–water partition coefficient (Wildman–Crippen LogP) is 2.57. The fourth-order valence-corrected chi connectivity index (χ4v) is 2.75. The summed E-state index contributed by atoms with van der Waals surface area (Å²) >= 11 is 0. The third-order valence-corrected chi connectivity index (χ3v) is 4.15. The summed E-state index contributed by atoms with van der Waals surface area (Å²) in [6.45, 7) is 1.20. The summed E-state index contributed by atoms with van der Waals surface area (Å²) in [5.74, 6) is 1.24. The van der Waals surface area contributed by atoms with Crippen LogP contribution in [0.15, 0.2) is 36.7 Å². The fourth-order valence-electron chi connectivity index (χ4n) is 2.75. The second kappa shape index (κ2) is 8.37. The monoisotopic (exact) mass is 358 g/mol. The van der Waals surface area contributed by atoms with Crippen molar-refractivity contribution in [2.24, 2.45) is 0 Å². The number of nitrogens with zero attached hydrogens (tertiary/aromatic N) is 3. The van der Waals surface area contributed by atoms with Crippen LogP contribution in [0.5, 0.6) is 17.5 Å². The minimum Gasteiger partial charge on any atom is -0.497 e. The maximum Gasteiger partial charge on any atom is 0.321 e. The number of piperidine rings is 1. The smallest absolute Gasteiger partial charge is 0.321 e. The van der Waals surface area contributed by atoms with Crippen LogP contribution in [0.4, 0.5) is 10.5 Å². The van der Waals surface area contributed by atoms with Gasteiger partial charge in [-0.15, -0.1) is 0 Å². The Labute approximate surface area is 152 Å². The highest BCUT2D eigenvalue weighted by Gasteiger charge is 2.24. The molecule has 0 atom stereocenters. The normalized spacial score (nSPS) is 14.6. The number of benzene rings is 1. The lowest BCUT2D eigenvalue weighted by molar-refractivity contribution is 0.107. The molecule has 1 aromatic heterocycles. The molecule has 8 nitrogen and oxygen atoms in total. The van der Waals surface area contributed by atoms with Crippen molar-refractivity contribution < 1.29 is 19.0 Å². The predicted molar refractivity (Wildman–Crippen MR) is 95.8 cm³/mol. The Hall–Kier alpha value is -3.03. The number of nitrogens with one attached hydrogen (secondary N) is 1. The van der Waals surface area contributed by atoms with E-state index in [9.17, 15) is 4.79 Å². The number of aromatic nitrogens is 2. The summed E-state index contributed by atoms with van der Waals surface area (Å²) in [5, 5.41) is 2.89. The van der Waals surface area contributed by atoms with E-state index in [4.69, 9.17) is 14.2 Å². The minimum absolute atomic E-state index is 0.0124. The van der Waals surface area contributed by atoms with Crippen LogP contribution in [0.25, 0.3) is 0 Å². The quantitative estimate of drug-likeness (QED) is 0.884. The molecule has 3 rings (SSSR count). The maximum absolute atomic E-state index is 12.5. The molecule has 8 heteroatoms. The van der Waals surface area contributed by atoms with E-state index in [1.165, 1.54) is 0 Å². The van der Waals surface area contributed by atoms with Crippen LogP contribution in [0.2, 0.25) is 0 Å². The summed E-state index contributed by atoms with van der Waals surface area (Å²) in [6, 6.07) is 7.22. The molecule has 0 spiro atoms. The topological polar surface area (TPSA) is 85.8 Å². The van der Waals surface area contributed by atoms with Gasteiger partial charge in [0, 0.05) is 62.2 Å². The van der Waals surface area contributed by atoms with Gasteiger partial charge in [-0.1, -0.05) is 0 Å². The Morgan fingerprint density at radius 1 is 1.08 bits per heavy atom. The number of likely N-dealkylation sites (tertiary alicyclic amines) is 1. The lowest BCUT2D eigenvalue weighted by Crippen LogP contribution is -2.43. The van der Waals surface area contributed by atoms with E-state index in [0.29, 0.717) is 36.3 Å². The van der Waals surface area contributed by atoms with E-state index in [1.54, 1.807) is 55.8 Å². The van der Waals surface area contributed by atoms with Gasteiger partial charge in [-0.2, -0.15) is 0 Å². The van der Waals surface area contributed by atoms with Crippen molar-refractivity contribution in [2.75, 3.05) is 32.6 Å². The van der Waals surface area contributed by atoms with Crippen LogP contribution in [-0.4, -0.2) is 54.3 Å². The molecule has 1 N–H and O–H groups in total. The number of carbonyl (C=O) groups is 1. The zero-order valence-corrected chi connectivity index (χ0v) is 14.8. The first kappa shape index (κ1) is 17.8. The van der Waals surface area contributed by atoms with E-state index >= 15 is 0 Å². The molecule has 26 heavy (non-hydrogen) atoms. The molecule has 138 valence electrons. The third kappa shape index (κ3) is 4.53. The summed E-state index contributed by atoms with van der Waals surface area (Å²) in [7, 11) is 3.14. The number of amides is 2. The highest BCUT2D eigenvalue weighted by atomic mass is 16.5. The summed E-state index contributed by atoms with van der Waals surface area (Å²) in [6.07, 6.45) is 4.76. The average Bonchev–Trinajstić information content (AvgIpc) is 2.69. The molecule has 0 saturated carbocycles. The third-order valence-electron chi connectivity index (χ3n) is 4.15. The second-order valence-electron chi connectivity index (χ2n) is 5.87. The molecule has 2 amide bonds. The van der Waals surface area contributed by atoms with Gasteiger partial charge < -0.3 is 24.4 Å². The van der Waals surface area contributed by atoms with E-state index < -0.39 is 0 Å². The molecule has 1 aliphatic heterocycles. The van der Waals surface area contributed by atoms with Gasteiger partial charge in [0.25, 0.3) is 0 Å². The molecule has 0 bridgehead atoms. The summed E-state index contributed by atoms with van der Waals surface area (Å²) < 4.78 is 16.2. The highest BCUT2D eigenvalue weighted by Crippen LogP contribution is 2.26. The first-order chi connectivity index (χ1) is 12.7. The Morgan fingerprint density at radius 3 is 2.27 bits per heavy atom. The lowest BCUT2D eigenvalue weighted by atomic mass is 10.1. The molecule has 2 aromatic rings. The number of urea groups is 1. The Kier molecular flexibility index (Phi) is 5.73. The van der Waals surface area contributed by atoms with Crippen molar-refractivity contribution in [2.45, 2.75) is 18.9 Å². The molecular formula is C18H22N4O4. The largest absolute Gasteiger partial charge is 0.497 e. The molecule has 2 heterocycles. The van der Waals surface area contributed by atoms with Crippen LogP contribution in [0.1, 0.15) is 12.8 Å².